The lowest BCUT2D eigenvalue weighted by molar-refractivity contribution is 0.0462. The lowest BCUT2D eigenvalue weighted by Crippen LogP contribution is -2.50. The molecule has 2 aromatic heterocycles. The summed E-state index contributed by atoms with van der Waals surface area (Å²) < 4.78 is 20.2. The number of benzene rings is 1. The first-order valence-corrected chi connectivity index (χ1v) is 12.0. The minimum atomic E-state index is -0.661. The van der Waals surface area contributed by atoms with Crippen LogP contribution in [-0.4, -0.2) is 57.0 Å². The number of carbonyl (C=O) groups is 1. The second-order valence-corrected chi connectivity index (χ2v) is 9.38. The van der Waals surface area contributed by atoms with E-state index < -0.39 is 11.2 Å². The number of hydrogen-bond acceptors (Lipinski definition) is 7. The van der Waals surface area contributed by atoms with Crippen LogP contribution in [0.25, 0.3) is 10.6 Å². The third kappa shape index (κ3) is 4.47. The number of aromatic hydroxyl groups is 1. The van der Waals surface area contributed by atoms with Crippen molar-refractivity contribution in [3.05, 3.63) is 62.8 Å². The number of pyridine rings is 1. The number of rotatable bonds is 8. The smallest absolute Gasteiger partial charge is 0.274 e. The quantitative estimate of drug-likeness (QED) is 0.522. The first kappa shape index (κ1) is 24.0. The van der Waals surface area contributed by atoms with Gasteiger partial charge in [0.15, 0.2) is 16.5 Å². The minimum Gasteiger partial charge on any atom is -0.503 e. The molecule has 4 rings (SSSR count). The highest BCUT2D eigenvalue weighted by Gasteiger charge is 2.37. The lowest BCUT2D eigenvalue weighted by Gasteiger charge is -2.40. The largest absolute Gasteiger partial charge is 0.503 e. The van der Waals surface area contributed by atoms with Gasteiger partial charge in [0.2, 0.25) is 5.43 Å². The molecule has 8 nitrogen and oxygen atoms in total. The molecule has 1 atom stereocenters. The molecule has 0 spiro atoms. The predicted octanol–water partition coefficient (Wildman–Crippen LogP) is 3.63. The fourth-order valence-corrected chi connectivity index (χ4v) is 5.27. The van der Waals surface area contributed by atoms with Gasteiger partial charge in [-0.1, -0.05) is 37.3 Å². The van der Waals surface area contributed by atoms with Crippen molar-refractivity contribution < 1.29 is 19.0 Å². The van der Waals surface area contributed by atoms with Gasteiger partial charge in [0.05, 0.1) is 18.2 Å². The average Bonchev–Trinajstić information content (AvgIpc) is 3.29. The number of ether oxygens (including phenoxy) is 1. The first-order valence-electron chi connectivity index (χ1n) is 11.2. The Hall–Kier alpha value is -3.11. The number of hydrogen-bond donors (Lipinski definition) is 1. The zero-order valence-corrected chi connectivity index (χ0v) is 20.1. The van der Waals surface area contributed by atoms with Crippen molar-refractivity contribution in [1.29, 1.82) is 0 Å². The highest BCUT2D eigenvalue weighted by molar-refractivity contribution is 7.14. The van der Waals surface area contributed by atoms with Crippen molar-refractivity contribution in [1.82, 2.24) is 19.7 Å². The van der Waals surface area contributed by atoms with Gasteiger partial charge in [-0.25, -0.2) is 4.39 Å². The van der Waals surface area contributed by atoms with Crippen LogP contribution in [0, 0.1) is 5.82 Å². The van der Waals surface area contributed by atoms with Crippen LogP contribution in [0.1, 0.15) is 53.8 Å². The summed E-state index contributed by atoms with van der Waals surface area (Å²) in [6.45, 7) is 4.75. The van der Waals surface area contributed by atoms with Crippen LogP contribution >= 0.6 is 11.3 Å². The highest BCUT2D eigenvalue weighted by atomic mass is 32.1. The van der Waals surface area contributed by atoms with Crippen LogP contribution in [-0.2, 0) is 11.2 Å². The van der Waals surface area contributed by atoms with E-state index in [9.17, 15) is 19.1 Å². The topological polar surface area (TPSA) is 97.6 Å². The van der Waals surface area contributed by atoms with Gasteiger partial charge in [-0.3, -0.25) is 9.59 Å². The summed E-state index contributed by atoms with van der Waals surface area (Å²) in [5.41, 5.74) is 0.354. The summed E-state index contributed by atoms with van der Waals surface area (Å²) in [5.74, 6) is -1.27. The Morgan fingerprint density at radius 2 is 1.91 bits per heavy atom. The Kier molecular flexibility index (Phi) is 7.08. The van der Waals surface area contributed by atoms with E-state index in [1.165, 1.54) is 23.5 Å². The van der Waals surface area contributed by atoms with Crippen LogP contribution in [0.3, 0.4) is 0 Å². The molecule has 3 aromatic rings. The molecule has 3 heterocycles. The number of methoxy groups -OCH3 is 1. The fraction of sp³-hybridized carbons (Fsp3) is 0.417. The van der Waals surface area contributed by atoms with Gasteiger partial charge in [0.1, 0.15) is 10.8 Å². The van der Waals surface area contributed by atoms with Crippen molar-refractivity contribution in [3.63, 3.8) is 0 Å². The van der Waals surface area contributed by atoms with Crippen LogP contribution in [0.2, 0.25) is 0 Å². The van der Waals surface area contributed by atoms with Gasteiger partial charge in [0.25, 0.3) is 5.91 Å². The maximum atomic E-state index is 13.3. The first-order chi connectivity index (χ1) is 16.4. The Morgan fingerprint density at radius 3 is 2.56 bits per heavy atom. The molecule has 0 unspecified atom stereocenters. The van der Waals surface area contributed by atoms with Gasteiger partial charge >= 0.3 is 0 Å². The molecule has 0 bridgehead atoms. The number of nitrogens with zero attached hydrogens (tertiary/aromatic N) is 4. The van der Waals surface area contributed by atoms with E-state index in [1.807, 2.05) is 13.8 Å². The van der Waals surface area contributed by atoms with Crippen molar-refractivity contribution in [2.24, 2.45) is 0 Å². The molecule has 0 saturated carbocycles. The van der Waals surface area contributed by atoms with Crippen molar-refractivity contribution in [2.45, 2.75) is 45.2 Å². The molecule has 1 aliphatic heterocycles. The molecule has 1 N–H and O–H groups in total. The van der Waals surface area contributed by atoms with Crippen LogP contribution in [0.4, 0.5) is 4.39 Å². The zero-order valence-electron chi connectivity index (χ0n) is 19.3. The molecule has 0 saturated heterocycles. The Morgan fingerprint density at radius 1 is 1.21 bits per heavy atom. The van der Waals surface area contributed by atoms with E-state index in [1.54, 1.807) is 34.9 Å². The second-order valence-electron chi connectivity index (χ2n) is 8.32. The molecular formula is C24H27FN4O4S. The number of fused-ring (bicyclic) bond motifs is 1. The second kappa shape index (κ2) is 10.0. The third-order valence-electron chi connectivity index (χ3n) is 6.18. The molecule has 0 aliphatic carbocycles. The molecule has 0 fully saturated rings. The average molecular weight is 487 g/mol. The van der Waals surface area contributed by atoms with Crippen LogP contribution in [0.15, 0.2) is 35.3 Å². The SMILES string of the molecule is CCC(CC)N1C[C@H](COC)n2cc(-c3nnc(Cc4ccc(F)cc4)s3)c(=O)c(O)c2C1=O. The maximum absolute atomic E-state index is 13.3. The van der Waals surface area contributed by atoms with E-state index in [2.05, 4.69) is 10.2 Å². The highest BCUT2D eigenvalue weighted by Crippen LogP contribution is 2.32. The molecule has 180 valence electrons. The van der Waals surface area contributed by atoms with Gasteiger partial charge in [-0.15, -0.1) is 10.2 Å². The molecule has 0 radical (unpaired) electrons. The summed E-state index contributed by atoms with van der Waals surface area (Å²) in [4.78, 5) is 28.1. The van der Waals surface area contributed by atoms with Gasteiger partial charge < -0.3 is 19.3 Å². The monoisotopic (exact) mass is 486 g/mol. The molecule has 34 heavy (non-hydrogen) atoms. The predicted molar refractivity (Wildman–Crippen MR) is 127 cm³/mol. The molecular weight excluding hydrogens is 459 g/mol. The summed E-state index contributed by atoms with van der Waals surface area (Å²) in [6.07, 6.45) is 3.55. The van der Waals surface area contributed by atoms with E-state index in [-0.39, 0.29) is 35.1 Å². The zero-order chi connectivity index (χ0) is 24.4. The molecule has 1 aromatic carbocycles. The Labute approximate surface area is 200 Å². The number of amides is 1. The lowest BCUT2D eigenvalue weighted by atomic mass is 10.0. The maximum Gasteiger partial charge on any atom is 0.274 e. The summed E-state index contributed by atoms with van der Waals surface area (Å²) in [5, 5.41) is 20.2. The molecule has 1 aliphatic rings. The van der Waals surface area contributed by atoms with Gasteiger partial charge in [-0.2, -0.15) is 0 Å². The van der Waals surface area contributed by atoms with E-state index in [0.717, 1.165) is 18.4 Å². The number of aromatic nitrogens is 3. The fourth-order valence-electron chi connectivity index (χ4n) is 4.39. The van der Waals surface area contributed by atoms with Crippen molar-refractivity contribution in [2.75, 3.05) is 20.3 Å². The van der Waals surface area contributed by atoms with E-state index in [4.69, 9.17) is 4.74 Å². The van der Waals surface area contributed by atoms with Gasteiger partial charge in [-0.05, 0) is 30.5 Å². The third-order valence-corrected chi connectivity index (χ3v) is 7.14. The van der Waals surface area contributed by atoms with E-state index >= 15 is 0 Å². The van der Waals surface area contributed by atoms with E-state index in [0.29, 0.717) is 29.6 Å². The van der Waals surface area contributed by atoms with Crippen LogP contribution in [0.5, 0.6) is 5.75 Å². The van der Waals surface area contributed by atoms with Crippen molar-refractivity contribution >= 4 is 17.2 Å². The Balaban J connectivity index is 1.73. The number of carbonyl (C=O) groups excluding carboxylic acids is 1. The summed E-state index contributed by atoms with van der Waals surface area (Å²) >= 11 is 1.22. The number of halogens is 1. The Bertz CT molecular complexity index is 1240. The molecule has 1 amide bonds. The normalized spacial score (nSPS) is 15.7. The summed E-state index contributed by atoms with van der Waals surface area (Å²) in [6, 6.07) is 5.83. The van der Waals surface area contributed by atoms with Crippen molar-refractivity contribution in [3.8, 4) is 16.3 Å². The van der Waals surface area contributed by atoms with Gasteiger partial charge in [0, 0.05) is 32.3 Å². The molecule has 10 heteroatoms. The standard InChI is InChI=1S/C24H27FN4O4S/c1-4-16(5-2)29-11-17(13-33-3)28-12-18(21(30)22(31)20(28)24(29)32)23-27-26-19(34-23)10-14-6-8-15(25)9-7-14/h6-9,12,16-17,31H,4-5,10-11,13H2,1-3H3/t17-/m1/s1. The minimum absolute atomic E-state index is 0.00645. The van der Waals surface area contributed by atoms with Crippen LogP contribution < -0.4 is 5.43 Å². The summed E-state index contributed by atoms with van der Waals surface area (Å²) in [7, 11) is 1.58.